The maximum absolute atomic E-state index is 13.1. The van der Waals surface area contributed by atoms with Gasteiger partial charge in [-0.25, -0.2) is 4.68 Å². The van der Waals surface area contributed by atoms with E-state index >= 15 is 0 Å². The highest BCUT2D eigenvalue weighted by atomic mass is 16.7. The van der Waals surface area contributed by atoms with E-state index in [0.717, 1.165) is 49.7 Å². The van der Waals surface area contributed by atoms with Gasteiger partial charge in [-0.05, 0) is 91.8 Å². The maximum Gasteiger partial charge on any atom is 0.269 e. The van der Waals surface area contributed by atoms with Crippen molar-refractivity contribution in [3.63, 3.8) is 0 Å². The predicted octanol–water partition coefficient (Wildman–Crippen LogP) is 5.29. The first-order valence-corrected chi connectivity index (χ1v) is 18.6. The van der Waals surface area contributed by atoms with Gasteiger partial charge in [-0.2, -0.15) is 0 Å². The van der Waals surface area contributed by atoms with E-state index in [0.29, 0.717) is 48.8 Å². The Morgan fingerprint density at radius 1 is 1.06 bits per heavy atom. The Balaban J connectivity index is 1.33. The lowest BCUT2D eigenvalue weighted by Gasteiger charge is -2.56. The number of phenols is 1. The minimum absolute atomic E-state index is 0.0131. The smallest absolute Gasteiger partial charge is 0.269 e. The number of hydrogen-bond donors (Lipinski definition) is 4. The fourth-order valence-electron chi connectivity index (χ4n) is 8.58. The fraction of sp³-hybridized carbons (Fsp3) is 0.553. The van der Waals surface area contributed by atoms with Gasteiger partial charge in [0.25, 0.3) is 5.69 Å². The van der Waals surface area contributed by atoms with Gasteiger partial charge >= 0.3 is 0 Å². The summed E-state index contributed by atoms with van der Waals surface area (Å²) in [5.41, 5.74) is 2.76. The highest BCUT2D eigenvalue weighted by Crippen LogP contribution is 2.62. The third-order valence-corrected chi connectivity index (χ3v) is 11.0. The first-order valence-electron chi connectivity index (χ1n) is 18.6. The highest BCUT2D eigenvalue weighted by molar-refractivity contribution is 6.02. The average Bonchev–Trinajstić information content (AvgIpc) is 3.61. The molecule has 1 aromatic heterocycles. The van der Waals surface area contributed by atoms with Gasteiger partial charge in [-0.1, -0.05) is 29.3 Å². The minimum atomic E-state index is -1.87. The van der Waals surface area contributed by atoms with Crippen molar-refractivity contribution in [3.05, 3.63) is 81.6 Å². The molecule has 53 heavy (non-hydrogen) atoms. The first-order chi connectivity index (χ1) is 25.8. The van der Waals surface area contributed by atoms with E-state index < -0.39 is 29.0 Å². The molecule has 0 amide bonds. The molecule has 15 nitrogen and oxygen atoms in total. The van der Waals surface area contributed by atoms with Crippen LogP contribution in [0.2, 0.25) is 0 Å². The molecule has 1 unspecified atom stereocenters. The lowest BCUT2D eigenvalue weighted by Crippen LogP contribution is -2.62. The fourth-order valence-corrected chi connectivity index (χ4v) is 8.58. The standard InChI is InChI=1S/C38H47N5O10/c44-16-4-1-7-25-19-29-31(40-51-23-24-10-12-26(13-11-24)43(48)49)21-33(42-34(22-39-41-42)52-35-9-3-6-18-50-35)38(47)37(29)36(28(25)8-2-5-17-45)30-20-27(46)14-15-32(30)53-38/h10-15,19-20,22,25,28,33,35-37,44-47H,1-9,16-18,21,23H2/t25-,28+,33-,35?,36+,37+,38+/m0/s1. The topological polar surface area (TPSA) is 204 Å². The summed E-state index contributed by atoms with van der Waals surface area (Å²) in [6.45, 7) is 0.760. The van der Waals surface area contributed by atoms with Crippen molar-refractivity contribution in [2.45, 2.75) is 94.9 Å². The number of aromatic nitrogens is 3. The zero-order chi connectivity index (χ0) is 37.0. The molecular formula is C38H47N5O10. The van der Waals surface area contributed by atoms with Crippen molar-refractivity contribution in [1.29, 1.82) is 0 Å². The van der Waals surface area contributed by atoms with Crippen LogP contribution in [0.25, 0.3) is 0 Å². The van der Waals surface area contributed by atoms with Crippen LogP contribution in [0, 0.1) is 27.9 Å². The number of rotatable bonds is 15. The second kappa shape index (κ2) is 16.2. The van der Waals surface area contributed by atoms with Crippen molar-refractivity contribution in [3.8, 4) is 17.4 Å². The number of aliphatic hydroxyl groups excluding tert-OH is 2. The molecule has 15 heteroatoms. The molecule has 7 rings (SSSR count). The van der Waals surface area contributed by atoms with Gasteiger partial charge in [0, 0.05) is 49.7 Å². The molecular weight excluding hydrogens is 686 g/mol. The van der Waals surface area contributed by atoms with E-state index in [1.807, 2.05) is 0 Å². The second-order valence-corrected chi connectivity index (χ2v) is 14.4. The Bertz CT molecular complexity index is 1790. The monoisotopic (exact) mass is 733 g/mol. The number of hydrogen-bond acceptors (Lipinski definition) is 13. The summed E-state index contributed by atoms with van der Waals surface area (Å²) in [7, 11) is 0. The molecule has 0 radical (unpaired) electrons. The summed E-state index contributed by atoms with van der Waals surface area (Å²) in [5.74, 6) is -2.07. The van der Waals surface area contributed by atoms with Crippen LogP contribution >= 0.6 is 0 Å². The Hall–Kier alpha value is -4.57. The number of nitro groups is 1. The molecule has 2 fully saturated rings. The zero-order valence-corrected chi connectivity index (χ0v) is 29.5. The van der Waals surface area contributed by atoms with Crippen LogP contribution < -0.4 is 9.47 Å². The Labute approximate surface area is 307 Å². The summed E-state index contributed by atoms with van der Waals surface area (Å²) in [6, 6.07) is 10.1. The number of aromatic hydroxyl groups is 1. The zero-order valence-electron chi connectivity index (χ0n) is 29.5. The molecule has 2 aliphatic carbocycles. The molecule has 7 atom stereocenters. The Morgan fingerprint density at radius 2 is 1.85 bits per heavy atom. The third-order valence-electron chi connectivity index (χ3n) is 11.0. The number of non-ortho nitro benzene ring substituents is 1. The highest BCUT2D eigenvalue weighted by Gasteiger charge is 2.63. The lowest BCUT2D eigenvalue weighted by molar-refractivity contribution is -0.384. The van der Waals surface area contributed by atoms with E-state index in [1.165, 1.54) is 23.0 Å². The van der Waals surface area contributed by atoms with Crippen LogP contribution in [0.1, 0.15) is 87.3 Å². The molecule has 3 heterocycles. The Kier molecular flexibility index (Phi) is 11.2. The molecule has 0 spiro atoms. The average molecular weight is 734 g/mol. The van der Waals surface area contributed by atoms with E-state index in [9.17, 15) is 30.5 Å². The summed E-state index contributed by atoms with van der Waals surface area (Å²) in [5, 5.41) is 67.8. The van der Waals surface area contributed by atoms with E-state index in [4.69, 9.17) is 19.0 Å². The van der Waals surface area contributed by atoms with Gasteiger partial charge in [0.1, 0.15) is 30.3 Å². The molecule has 2 aromatic carbocycles. The number of phenolic OH excluding ortho intramolecular Hbond substituents is 1. The maximum atomic E-state index is 13.1. The van der Waals surface area contributed by atoms with Gasteiger partial charge in [0.05, 0.1) is 23.2 Å². The van der Waals surface area contributed by atoms with Crippen LogP contribution in [0.5, 0.6) is 17.4 Å². The van der Waals surface area contributed by atoms with Crippen LogP contribution in [-0.4, -0.2) is 78.0 Å². The number of benzene rings is 2. The van der Waals surface area contributed by atoms with Crippen LogP contribution in [-0.2, 0) is 16.2 Å². The van der Waals surface area contributed by atoms with E-state index in [-0.39, 0.29) is 55.4 Å². The van der Waals surface area contributed by atoms with Crippen molar-refractivity contribution in [1.82, 2.24) is 15.0 Å². The Morgan fingerprint density at radius 3 is 2.58 bits per heavy atom. The lowest BCUT2D eigenvalue weighted by atomic mass is 9.55. The van der Waals surface area contributed by atoms with Crippen molar-refractivity contribution in [2.24, 2.45) is 22.9 Å². The predicted molar refractivity (Wildman–Crippen MR) is 190 cm³/mol. The van der Waals surface area contributed by atoms with Gasteiger partial charge in [-0.15, -0.1) is 5.10 Å². The second-order valence-electron chi connectivity index (χ2n) is 14.4. The number of fused-ring (bicyclic) bond motifs is 2. The number of aliphatic hydroxyl groups is 3. The number of unbranched alkanes of at least 4 members (excludes halogenated alkanes) is 2. The normalized spacial score (nSPS) is 28.4. The van der Waals surface area contributed by atoms with Gasteiger partial charge < -0.3 is 39.5 Å². The van der Waals surface area contributed by atoms with Crippen molar-refractivity contribution in [2.75, 3.05) is 19.8 Å². The summed E-state index contributed by atoms with van der Waals surface area (Å²) < 4.78 is 20.3. The number of nitro benzene ring substituents is 1. The van der Waals surface area contributed by atoms with Crippen molar-refractivity contribution >= 4 is 11.4 Å². The molecule has 284 valence electrons. The SMILES string of the molecule is O=[N+]([O-])c1ccc(CON=C2C[C@H](n3nncc3OC3CCCCO3)[C@@]3(O)Oc4ccc(O)cc4[C@H]4[C@H](CCCCO)[C@@H](CCCCO)C=C2[C@H]43)cc1. The summed E-state index contributed by atoms with van der Waals surface area (Å²) in [4.78, 5) is 16.7. The number of oxime groups is 1. The number of ether oxygens (including phenoxy) is 3. The summed E-state index contributed by atoms with van der Waals surface area (Å²) >= 11 is 0. The van der Waals surface area contributed by atoms with Crippen molar-refractivity contribution < 1.29 is 44.4 Å². The van der Waals surface area contributed by atoms with Crippen LogP contribution in [0.15, 0.2) is 65.5 Å². The van der Waals surface area contributed by atoms with Gasteiger partial charge in [0.2, 0.25) is 18.0 Å². The minimum Gasteiger partial charge on any atom is -0.508 e. The molecule has 1 saturated heterocycles. The molecule has 4 aliphatic rings. The quantitative estimate of drug-likeness (QED) is 0.0894. The van der Waals surface area contributed by atoms with E-state index in [2.05, 4.69) is 21.5 Å². The number of allylic oxidation sites excluding steroid dienone is 1. The first kappa shape index (κ1) is 36.8. The van der Waals surface area contributed by atoms with Crippen LogP contribution in [0.3, 0.4) is 0 Å². The molecule has 3 aromatic rings. The summed E-state index contributed by atoms with van der Waals surface area (Å²) in [6.07, 6.45) is 10.2. The van der Waals surface area contributed by atoms with Gasteiger partial charge in [0.15, 0.2) is 0 Å². The molecule has 1 saturated carbocycles. The van der Waals surface area contributed by atoms with Gasteiger partial charge in [-0.3, -0.25) is 10.1 Å². The van der Waals surface area contributed by atoms with E-state index in [1.54, 1.807) is 30.3 Å². The number of nitrogens with zero attached hydrogens (tertiary/aromatic N) is 5. The largest absolute Gasteiger partial charge is 0.508 e. The van der Waals surface area contributed by atoms with Crippen LogP contribution in [0.4, 0.5) is 5.69 Å². The molecule has 0 bridgehead atoms. The molecule has 4 N–H and O–H groups in total. The third kappa shape index (κ3) is 7.61. The molecule has 2 aliphatic heterocycles.